The van der Waals surface area contributed by atoms with Crippen LogP contribution in [0, 0.1) is 0 Å². The lowest BCUT2D eigenvalue weighted by atomic mass is 10.0. The smallest absolute Gasteiger partial charge is 0.227 e. The molecule has 3 heterocycles. The molecule has 0 radical (unpaired) electrons. The summed E-state index contributed by atoms with van der Waals surface area (Å²) >= 11 is 0. The summed E-state index contributed by atoms with van der Waals surface area (Å²) in [6.07, 6.45) is 0. The number of fused-ring (bicyclic) bond motifs is 8. The molecule has 0 aliphatic carbocycles. The molecule has 0 bridgehead atoms. The predicted octanol–water partition coefficient (Wildman–Crippen LogP) is 15.3. The quantitative estimate of drug-likeness (QED) is 0.162. The maximum atomic E-state index is 6.47. The summed E-state index contributed by atoms with van der Waals surface area (Å²) in [5, 5.41) is 4.39. The first kappa shape index (κ1) is 33.9. The summed E-state index contributed by atoms with van der Waals surface area (Å²) in [7, 11) is 0. The van der Waals surface area contributed by atoms with Gasteiger partial charge in [-0.1, -0.05) is 115 Å². The van der Waals surface area contributed by atoms with Crippen molar-refractivity contribution in [3.05, 3.63) is 212 Å². The number of furan rings is 1. The van der Waals surface area contributed by atoms with E-state index in [1.807, 2.05) is 42.5 Å². The molecule has 5 heteroatoms. The summed E-state index contributed by atoms with van der Waals surface area (Å²) < 4.78 is 15.0. The van der Waals surface area contributed by atoms with E-state index in [9.17, 15) is 0 Å². The van der Waals surface area contributed by atoms with Crippen LogP contribution in [0.3, 0.4) is 0 Å². The second-order valence-corrected chi connectivity index (χ2v) is 15.2. The van der Waals surface area contributed by atoms with Crippen molar-refractivity contribution < 1.29 is 8.83 Å². The highest BCUT2D eigenvalue weighted by Crippen LogP contribution is 2.42. The summed E-state index contributed by atoms with van der Waals surface area (Å²) in [5.41, 5.74) is 15.3. The second kappa shape index (κ2) is 13.8. The number of benzene rings is 9. The number of nitrogens with zero attached hydrogens (tertiary/aromatic N) is 3. The number of para-hydroxylation sites is 2. The zero-order chi connectivity index (χ0) is 39.6. The van der Waals surface area contributed by atoms with Crippen molar-refractivity contribution in [2.45, 2.75) is 0 Å². The zero-order valence-electron chi connectivity index (χ0n) is 32.4. The fourth-order valence-corrected chi connectivity index (χ4v) is 8.80. The standard InChI is InChI=1S/C55H35N3O2/c1-4-13-36(14-5-1)39-17-12-20-43(33-39)57(44-28-30-49-47(35-44)45-21-10-11-22-48(45)58(49)41-18-8-3-9-19-41)42-26-23-37(24-27-42)40-25-29-46-52(34-40)59-50-31-32-51-54(53(46)50)56-55(60-51)38-15-6-2-7-16-38/h1-35H. The number of hydrogen-bond donors (Lipinski definition) is 0. The highest BCUT2D eigenvalue weighted by atomic mass is 16.4. The summed E-state index contributed by atoms with van der Waals surface area (Å²) in [6, 6.07) is 74.7. The largest absolute Gasteiger partial charge is 0.456 e. The van der Waals surface area contributed by atoms with Crippen molar-refractivity contribution in [2.24, 2.45) is 0 Å². The van der Waals surface area contributed by atoms with E-state index >= 15 is 0 Å². The Bertz CT molecular complexity index is 3530. The monoisotopic (exact) mass is 769 g/mol. The van der Waals surface area contributed by atoms with Crippen LogP contribution in [-0.4, -0.2) is 9.55 Å². The van der Waals surface area contributed by atoms with Gasteiger partial charge in [0.25, 0.3) is 0 Å². The molecular weight excluding hydrogens is 735 g/mol. The van der Waals surface area contributed by atoms with Gasteiger partial charge in [0, 0.05) is 44.5 Å². The molecule has 0 aliphatic heterocycles. The lowest BCUT2D eigenvalue weighted by Crippen LogP contribution is -2.10. The number of anilines is 3. The third kappa shape index (κ3) is 5.59. The number of aromatic nitrogens is 2. The van der Waals surface area contributed by atoms with Crippen molar-refractivity contribution in [3.8, 4) is 39.4 Å². The van der Waals surface area contributed by atoms with Crippen LogP contribution in [0.4, 0.5) is 17.1 Å². The van der Waals surface area contributed by atoms with E-state index in [1.165, 1.54) is 27.4 Å². The Balaban J connectivity index is 0.964. The van der Waals surface area contributed by atoms with Gasteiger partial charge in [0.05, 0.1) is 16.4 Å². The van der Waals surface area contributed by atoms with Gasteiger partial charge >= 0.3 is 0 Å². The van der Waals surface area contributed by atoms with Crippen molar-refractivity contribution in [3.63, 3.8) is 0 Å². The SMILES string of the molecule is c1ccc(-c2cccc(N(c3ccc(-c4ccc5c(c4)oc4ccc6oc(-c7ccccc7)nc6c45)cc3)c3ccc4c(c3)c3ccccc3n4-c3ccccc3)c2)cc1. The first-order valence-electron chi connectivity index (χ1n) is 20.2. The fraction of sp³-hybridized carbons (Fsp3) is 0. The van der Waals surface area contributed by atoms with Crippen molar-refractivity contribution in [1.82, 2.24) is 9.55 Å². The van der Waals surface area contributed by atoms with E-state index in [-0.39, 0.29) is 0 Å². The first-order chi connectivity index (χ1) is 29.7. The zero-order valence-corrected chi connectivity index (χ0v) is 32.4. The molecule has 282 valence electrons. The normalized spacial score (nSPS) is 11.7. The van der Waals surface area contributed by atoms with E-state index < -0.39 is 0 Å². The number of oxazole rings is 1. The minimum absolute atomic E-state index is 0.601. The lowest BCUT2D eigenvalue weighted by Gasteiger charge is -2.26. The molecule has 5 nitrogen and oxygen atoms in total. The Hall–Kier alpha value is -8.15. The van der Waals surface area contributed by atoms with Crippen LogP contribution < -0.4 is 4.90 Å². The molecule has 0 amide bonds. The highest BCUT2D eigenvalue weighted by Gasteiger charge is 2.20. The Labute approximate surface area is 345 Å². The molecule has 9 aromatic carbocycles. The van der Waals surface area contributed by atoms with Crippen molar-refractivity contribution >= 4 is 71.9 Å². The van der Waals surface area contributed by atoms with Gasteiger partial charge in [0.1, 0.15) is 16.7 Å². The molecule has 0 atom stereocenters. The average Bonchev–Trinajstić information content (AvgIpc) is 4.02. The maximum Gasteiger partial charge on any atom is 0.227 e. The molecule has 12 aromatic rings. The van der Waals surface area contributed by atoms with Gasteiger partial charge in [-0.15, -0.1) is 0 Å². The summed E-state index contributed by atoms with van der Waals surface area (Å²) in [4.78, 5) is 7.29. The van der Waals surface area contributed by atoms with Gasteiger partial charge in [0.15, 0.2) is 5.58 Å². The fourth-order valence-electron chi connectivity index (χ4n) is 8.80. The predicted molar refractivity (Wildman–Crippen MR) is 247 cm³/mol. The van der Waals surface area contributed by atoms with Gasteiger partial charge in [-0.05, 0) is 119 Å². The van der Waals surface area contributed by atoms with Crippen molar-refractivity contribution in [2.75, 3.05) is 4.90 Å². The van der Waals surface area contributed by atoms with Gasteiger partial charge in [-0.2, -0.15) is 0 Å². The van der Waals surface area contributed by atoms with Crippen molar-refractivity contribution in [1.29, 1.82) is 0 Å². The van der Waals surface area contributed by atoms with E-state index in [2.05, 4.69) is 179 Å². The van der Waals surface area contributed by atoms with Gasteiger partial charge in [-0.3, -0.25) is 0 Å². The number of rotatable bonds is 7. The molecule has 0 saturated carbocycles. The Morgan fingerprint density at radius 3 is 1.80 bits per heavy atom. The number of hydrogen-bond acceptors (Lipinski definition) is 4. The summed E-state index contributed by atoms with van der Waals surface area (Å²) in [6.45, 7) is 0. The van der Waals surface area contributed by atoms with E-state index in [0.29, 0.717) is 5.89 Å². The second-order valence-electron chi connectivity index (χ2n) is 15.2. The molecule has 0 spiro atoms. The van der Waals surface area contributed by atoms with E-state index in [4.69, 9.17) is 13.8 Å². The molecule has 0 saturated heterocycles. The highest BCUT2D eigenvalue weighted by molar-refractivity contribution is 6.17. The van der Waals surface area contributed by atoms with Crippen LogP contribution in [0.25, 0.3) is 94.2 Å². The minimum atomic E-state index is 0.601. The van der Waals surface area contributed by atoms with Crippen LogP contribution in [-0.2, 0) is 0 Å². The van der Waals surface area contributed by atoms with E-state index in [0.717, 1.165) is 78.0 Å². The van der Waals surface area contributed by atoms with Crippen LogP contribution in [0.2, 0.25) is 0 Å². The summed E-state index contributed by atoms with van der Waals surface area (Å²) in [5.74, 6) is 0.601. The van der Waals surface area contributed by atoms with Crippen LogP contribution in [0.1, 0.15) is 0 Å². The molecule has 0 fully saturated rings. The Morgan fingerprint density at radius 2 is 0.983 bits per heavy atom. The van der Waals surface area contributed by atoms with Crippen LogP contribution in [0.5, 0.6) is 0 Å². The molecular formula is C55H35N3O2. The first-order valence-corrected chi connectivity index (χ1v) is 20.2. The van der Waals surface area contributed by atoms with Gasteiger partial charge in [0.2, 0.25) is 5.89 Å². The third-order valence-corrected chi connectivity index (χ3v) is 11.6. The topological polar surface area (TPSA) is 47.3 Å². The molecule has 0 aliphatic rings. The third-order valence-electron chi connectivity index (χ3n) is 11.6. The Morgan fingerprint density at radius 1 is 0.367 bits per heavy atom. The molecule has 12 rings (SSSR count). The minimum Gasteiger partial charge on any atom is -0.456 e. The van der Waals surface area contributed by atoms with Gasteiger partial charge in [-0.25, -0.2) is 4.98 Å². The lowest BCUT2D eigenvalue weighted by molar-refractivity contribution is 0.619. The Kier molecular flexibility index (Phi) is 7.78. The molecule has 60 heavy (non-hydrogen) atoms. The van der Waals surface area contributed by atoms with Crippen LogP contribution in [0.15, 0.2) is 221 Å². The van der Waals surface area contributed by atoms with Crippen LogP contribution >= 0.6 is 0 Å². The van der Waals surface area contributed by atoms with Gasteiger partial charge < -0.3 is 18.3 Å². The molecule has 0 N–H and O–H groups in total. The molecule has 3 aromatic heterocycles. The average molecular weight is 770 g/mol. The maximum absolute atomic E-state index is 6.47. The molecule has 0 unspecified atom stereocenters. The van der Waals surface area contributed by atoms with E-state index in [1.54, 1.807) is 0 Å².